The molecule has 160 valence electrons. The summed E-state index contributed by atoms with van der Waals surface area (Å²) >= 11 is 0. The van der Waals surface area contributed by atoms with Gasteiger partial charge in [-0.3, -0.25) is 4.79 Å². The van der Waals surface area contributed by atoms with Gasteiger partial charge in [0.05, 0.1) is 5.56 Å². The van der Waals surface area contributed by atoms with Crippen LogP contribution in [0.4, 0.5) is 4.39 Å². The number of aromatic carboxylic acids is 1. The first-order valence-corrected chi connectivity index (χ1v) is 9.87. The fourth-order valence-corrected chi connectivity index (χ4v) is 3.55. The molecule has 31 heavy (non-hydrogen) atoms. The second-order valence-corrected chi connectivity index (χ2v) is 7.16. The van der Waals surface area contributed by atoms with E-state index in [-0.39, 0.29) is 24.2 Å². The number of benzene rings is 2. The number of rotatable bonds is 6. The lowest BCUT2D eigenvalue weighted by atomic mass is 10.0. The van der Waals surface area contributed by atoms with Crippen LogP contribution in [0.3, 0.4) is 0 Å². The number of carbonyl (C=O) groups is 2. The summed E-state index contributed by atoms with van der Waals surface area (Å²) in [5.74, 6) is -1.44. The van der Waals surface area contributed by atoms with Crippen molar-refractivity contribution >= 4 is 11.9 Å². The molecule has 9 heteroatoms. The lowest BCUT2D eigenvalue weighted by Gasteiger charge is -2.33. The Balaban J connectivity index is 1.50. The highest BCUT2D eigenvalue weighted by molar-refractivity contribution is 5.88. The van der Waals surface area contributed by atoms with Crippen molar-refractivity contribution in [1.82, 2.24) is 15.0 Å². The van der Waals surface area contributed by atoms with Crippen molar-refractivity contribution in [3.05, 3.63) is 65.8 Å². The standard InChI is InChI=1S/C22H20FN3O5/c23-17-12-14(9-10-16(17)22(28)29)20-24-21(31-25-20)18-8-4-5-11-26(18)19(27)13-30-15-6-2-1-3-7-15/h1-3,6-7,9-10,12,18H,4-5,8,11,13H2,(H,28,29). The largest absolute Gasteiger partial charge is 0.484 e. The number of carboxylic acid groups (broad SMARTS) is 1. The number of ether oxygens (including phenoxy) is 1. The van der Waals surface area contributed by atoms with Crippen molar-refractivity contribution in [2.75, 3.05) is 13.2 Å². The Labute approximate surface area is 177 Å². The van der Waals surface area contributed by atoms with E-state index in [1.54, 1.807) is 17.0 Å². The number of halogens is 1. The highest BCUT2D eigenvalue weighted by atomic mass is 19.1. The molecule has 1 aliphatic heterocycles. The van der Waals surface area contributed by atoms with Crippen LogP contribution < -0.4 is 4.74 Å². The van der Waals surface area contributed by atoms with Crippen LogP contribution >= 0.6 is 0 Å². The molecular weight excluding hydrogens is 405 g/mol. The molecule has 4 rings (SSSR count). The van der Waals surface area contributed by atoms with Crippen LogP contribution in [-0.2, 0) is 4.79 Å². The van der Waals surface area contributed by atoms with E-state index in [1.165, 1.54) is 6.07 Å². The van der Waals surface area contributed by atoms with Gasteiger partial charge >= 0.3 is 5.97 Å². The smallest absolute Gasteiger partial charge is 0.338 e. The predicted octanol–water partition coefficient (Wildman–Crippen LogP) is 3.71. The minimum Gasteiger partial charge on any atom is -0.484 e. The number of piperidine rings is 1. The summed E-state index contributed by atoms with van der Waals surface area (Å²) in [5, 5.41) is 12.9. The number of amides is 1. The van der Waals surface area contributed by atoms with E-state index in [2.05, 4.69) is 10.1 Å². The third-order valence-electron chi connectivity index (χ3n) is 5.11. The number of para-hydroxylation sites is 1. The highest BCUT2D eigenvalue weighted by Crippen LogP contribution is 2.31. The van der Waals surface area contributed by atoms with Crippen LogP contribution in [0.15, 0.2) is 53.1 Å². The Bertz CT molecular complexity index is 1090. The Hall–Kier alpha value is -3.75. The summed E-state index contributed by atoms with van der Waals surface area (Å²) in [6.07, 6.45) is 2.41. The van der Waals surface area contributed by atoms with Crippen molar-refractivity contribution in [2.24, 2.45) is 0 Å². The number of carboxylic acids is 1. The summed E-state index contributed by atoms with van der Waals surface area (Å²) < 4.78 is 25.0. The Morgan fingerprint density at radius 2 is 2.00 bits per heavy atom. The van der Waals surface area contributed by atoms with Gasteiger partial charge in [0, 0.05) is 12.1 Å². The molecule has 1 N–H and O–H groups in total. The molecule has 2 heterocycles. The van der Waals surface area contributed by atoms with Gasteiger partial charge in [0.1, 0.15) is 17.6 Å². The maximum absolute atomic E-state index is 14.0. The van der Waals surface area contributed by atoms with E-state index in [0.717, 1.165) is 25.0 Å². The summed E-state index contributed by atoms with van der Waals surface area (Å²) in [5.41, 5.74) is -0.145. The highest BCUT2D eigenvalue weighted by Gasteiger charge is 2.32. The molecule has 0 saturated carbocycles. The quantitative estimate of drug-likeness (QED) is 0.642. The molecule has 0 radical (unpaired) electrons. The van der Waals surface area contributed by atoms with Gasteiger partial charge < -0.3 is 19.3 Å². The van der Waals surface area contributed by atoms with Gasteiger partial charge in [-0.25, -0.2) is 9.18 Å². The van der Waals surface area contributed by atoms with E-state index in [1.807, 2.05) is 18.2 Å². The zero-order valence-corrected chi connectivity index (χ0v) is 16.5. The molecule has 1 aliphatic rings. The second-order valence-electron chi connectivity index (χ2n) is 7.16. The Kier molecular flexibility index (Phi) is 5.92. The molecule has 1 amide bonds. The summed E-state index contributed by atoms with van der Waals surface area (Å²) in [6.45, 7) is 0.435. The maximum Gasteiger partial charge on any atom is 0.338 e. The van der Waals surface area contributed by atoms with Crippen LogP contribution in [0.25, 0.3) is 11.4 Å². The van der Waals surface area contributed by atoms with Crippen molar-refractivity contribution in [1.29, 1.82) is 0 Å². The molecule has 1 saturated heterocycles. The number of likely N-dealkylation sites (tertiary alicyclic amines) is 1. The number of hydrogen-bond donors (Lipinski definition) is 1. The second kappa shape index (κ2) is 8.95. The van der Waals surface area contributed by atoms with Gasteiger partial charge in [-0.15, -0.1) is 0 Å². The third kappa shape index (κ3) is 4.55. The van der Waals surface area contributed by atoms with Gasteiger partial charge in [0.15, 0.2) is 6.61 Å². The Morgan fingerprint density at radius 3 is 2.74 bits per heavy atom. The summed E-state index contributed by atoms with van der Waals surface area (Å²) in [6, 6.07) is 12.3. The molecular formula is C22H20FN3O5. The summed E-state index contributed by atoms with van der Waals surface area (Å²) in [7, 11) is 0. The molecule has 1 unspecified atom stereocenters. The molecule has 3 aromatic rings. The van der Waals surface area contributed by atoms with Crippen molar-refractivity contribution in [3.63, 3.8) is 0 Å². The Morgan fingerprint density at radius 1 is 1.19 bits per heavy atom. The predicted molar refractivity (Wildman–Crippen MR) is 107 cm³/mol. The van der Waals surface area contributed by atoms with Gasteiger partial charge in [-0.05, 0) is 49.6 Å². The molecule has 1 atom stereocenters. The molecule has 1 fully saturated rings. The number of carbonyl (C=O) groups excluding carboxylic acids is 1. The van der Waals surface area contributed by atoms with Crippen molar-refractivity contribution in [2.45, 2.75) is 25.3 Å². The summed E-state index contributed by atoms with van der Waals surface area (Å²) in [4.78, 5) is 29.8. The van der Waals surface area contributed by atoms with E-state index >= 15 is 0 Å². The van der Waals surface area contributed by atoms with Crippen molar-refractivity contribution < 1.29 is 28.3 Å². The zero-order chi connectivity index (χ0) is 21.8. The van der Waals surface area contributed by atoms with Gasteiger partial charge in [0.2, 0.25) is 11.7 Å². The van der Waals surface area contributed by atoms with E-state index in [9.17, 15) is 14.0 Å². The minimum atomic E-state index is -1.35. The fourth-order valence-electron chi connectivity index (χ4n) is 3.55. The lowest BCUT2D eigenvalue weighted by Crippen LogP contribution is -2.41. The normalized spacial score (nSPS) is 16.2. The van der Waals surface area contributed by atoms with Crippen LogP contribution in [0, 0.1) is 5.82 Å². The van der Waals surface area contributed by atoms with Crippen LogP contribution in [-0.4, -0.2) is 45.2 Å². The average Bonchev–Trinajstić information content (AvgIpc) is 3.28. The average molecular weight is 425 g/mol. The van der Waals surface area contributed by atoms with Crippen LogP contribution in [0.2, 0.25) is 0 Å². The first-order chi connectivity index (χ1) is 15.0. The maximum atomic E-state index is 14.0. The van der Waals surface area contributed by atoms with Gasteiger partial charge in [-0.2, -0.15) is 4.98 Å². The number of hydrogen-bond acceptors (Lipinski definition) is 6. The number of nitrogens with zero attached hydrogens (tertiary/aromatic N) is 3. The molecule has 0 bridgehead atoms. The molecule has 8 nitrogen and oxygen atoms in total. The van der Waals surface area contributed by atoms with Crippen LogP contribution in [0.5, 0.6) is 5.75 Å². The molecule has 1 aromatic heterocycles. The molecule has 0 aliphatic carbocycles. The molecule has 2 aromatic carbocycles. The van der Waals surface area contributed by atoms with E-state index in [4.69, 9.17) is 14.4 Å². The monoisotopic (exact) mass is 425 g/mol. The topological polar surface area (TPSA) is 106 Å². The SMILES string of the molecule is O=C(O)c1ccc(-c2noc(C3CCCCN3C(=O)COc3ccccc3)n2)cc1F. The number of aromatic nitrogens is 2. The first-order valence-electron chi connectivity index (χ1n) is 9.87. The van der Waals surface area contributed by atoms with E-state index < -0.39 is 23.4 Å². The zero-order valence-electron chi connectivity index (χ0n) is 16.5. The van der Waals surface area contributed by atoms with Gasteiger partial charge in [0.25, 0.3) is 5.91 Å². The fraction of sp³-hybridized carbons (Fsp3) is 0.273. The third-order valence-corrected chi connectivity index (χ3v) is 5.11. The first kappa shape index (κ1) is 20.5. The lowest BCUT2D eigenvalue weighted by molar-refractivity contribution is -0.138. The molecule has 0 spiro atoms. The van der Waals surface area contributed by atoms with Crippen molar-refractivity contribution in [3.8, 4) is 17.1 Å². The van der Waals surface area contributed by atoms with E-state index in [0.29, 0.717) is 24.3 Å². The van der Waals surface area contributed by atoms with Gasteiger partial charge in [-0.1, -0.05) is 23.4 Å². The van der Waals surface area contributed by atoms with Crippen LogP contribution in [0.1, 0.15) is 41.6 Å². The minimum absolute atomic E-state index is 0.108.